The number of rotatable bonds is 4. The van der Waals surface area contributed by atoms with Gasteiger partial charge in [0.15, 0.2) is 0 Å². The minimum atomic E-state index is 0.0856. The molecule has 0 spiro atoms. The molecule has 0 bridgehead atoms. The van der Waals surface area contributed by atoms with Gasteiger partial charge in [-0.25, -0.2) is 0 Å². The molecule has 1 aromatic heterocycles. The van der Waals surface area contributed by atoms with E-state index in [-0.39, 0.29) is 5.91 Å². The van der Waals surface area contributed by atoms with Crippen molar-refractivity contribution in [2.45, 2.75) is 32.6 Å². The molecule has 5 heteroatoms. The van der Waals surface area contributed by atoms with Crippen molar-refractivity contribution in [1.29, 1.82) is 0 Å². The number of aromatic nitrogens is 1. The number of piperidine rings is 1. The summed E-state index contributed by atoms with van der Waals surface area (Å²) >= 11 is 0. The van der Waals surface area contributed by atoms with E-state index < -0.39 is 0 Å². The van der Waals surface area contributed by atoms with Crippen molar-refractivity contribution >= 4 is 23.0 Å². The highest BCUT2D eigenvalue weighted by atomic mass is 16.2. The van der Waals surface area contributed by atoms with Gasteiger partial charge in [0, 0.05) is 43.8 Å². The van der Waals surface area contributed by atoms with Crippen LogP contribution in [-0.4, -0.2) is 42.0 Å². The van der Waals surface area contributed by atoms with Crippen LogP contribution in [0.2, 0.25) is 0 Å². The number of amides is 1. The van der Waals surface area contributed by atoms with E-state index in [0.29, 0.717) is 11.5 Å². The van der Waals surface area contributed by atoms with Gasteiger partial charge in [-0.1, -0.05) is 6.92 Å². The number of nitrogens with zero attached hydrogens (tertiary/aromatic N) is 3. The number of carbonyl (C=O) groups excluding carboxylic acids is 1. The van der Waals surface area contributed by atoms with Crippen molar-refractivity contribution in [2.24, 2.45) is 5.92 Å². The van der Waals surface area contributed by atoms with Gasteiger partial charge < -0.3 is 15.1 Å². The van der Waals surface area contributed by atoms with Gasteiger partial charge >= 0.3 is 0 Å². The first-order valence-electron chi connectivity index (χ1n) is 10.1. The van der Waals surface area contributed by atoms with Crippen molar-refractivity contribution in [3.8, 4) is 0 Å². The van der Waals surface area contributed by atoms with Gasteiger partial charge in [0.1, 0.15) is 0 Å². The van der Waals surface area contributed by atoms with Crippen molar-refractivity contribution in [1.82, 2.24) is 9.88 Å². The largest absolute Gasteiger partial charge is 0.372 e. The van der Waals surface area contributed by atoms with E-state index in [1.807, 2.05) is 11.0 Å². The van der Waals surface area contributed by atoms with Gasteiger partial charge in [-0.2, -0.15) is 0 Å². The van der Waals surface area contributed by atoms with Crippen LogP contribution in [0.5, 0.6) is 0 Å². The summed E-state index contributed by atoms with van der Waals surface area (Å²) in [5.74, 6) is 0.797. The maximum atomic E-state index is 12.8. The summed E-state index contributed by atoms with van der Waals surface area (Å²) in [6.07, 6.45) is 8.16. The van der Waals surface area contributed by atoms with Crippen LogP contribution < -0.4 is 10.2 Å². The third-order valence-corrected chi connectivity index (χ3v) is 5.68. The molecule has 0 radical (unpaired) electrons. The first-order valence-corrected chi connectivity index (χ1v) is 10.1. The fourth-order valence-electron chi connectivity index (χ4n) is 3.92. The van der Waals surface area contributed by atoms with Crippen LogP contribution in [0, 0.1) is 5.92 Å². The summed E-state index contributed by atoms with van der Waals surface area (Å²) in [7, 11) is 0. The topological polar surface area (TPSA) is 48.5 Å². The zero-order chi connectivity index (χ0) is 18.6. The van der Waals surface area contributed by atoms with Crippen LogP contribution in [0.15, 0.2) is 42.7 Å². The van der Waals surface area contributed by atoms with Crippen molar-refractivity contribution < 1.29 is 4.79 Å². The summed E-state index contributed by atoms with van der Waals surface area (Å²) in [4.78, 5) is 21.4. The van der Waals surface area contributed by atoms with Gasteiger partial charge in [0.05, 0.1) is 17.4 Å². The van der Waals surface area contributed by atoms with Gasteiger partial charge in [-0.05, 0) is 61.9 Å². The number of nitrogens with one attached hydrogen (secondary N) is 1. The first kappa shape index (κ1) is 17.8. The third kappa shape index (κ3) is 4.24. The maximum Gasteiger partial charge on any atom is 0.255 e. The highest BCUT2D eigenvalue weighted by Crippen LogP contribution is 2.24. The molecule has 0 unspecified atom stereocenters. The Morgan fingerprint density at radius 1 is 1.00 bits per heavy atom. The number of hydrogen-bond acceptors (Lipinski definition) is 4. The monoisotopic (exact) mass is 364 g/mol. The smallest absolute Gasteiger partial charge is 0.255 e. The highest BCUT2D eigenvalue weighted by molar-refractivity contribution is 5.95. The Balaban J connectivity index is 1.42. The lowest BCUT2D eigenvalue weighted by Crippen LogP contribution is -2.37. The van der Waals surface area contributed by atoms with Gasteiger partial charge in [-0.3, -0.25) is 9.78 Å². The zero-order valence-corrected chi connectivity index (χ0v) is 16.0. The molecule has 0 atom stereocenters. The van der Waals surface area contributed by atoms with E-state index in [4.69, 9.17) is 0 Å². The molecule has 2 aliphatic heterocycles. The second kappa shape index (κ2) is 7.99. The van der Waals surface area contributed by atoms with E-state index in [2.05, 4.69) is 46.4 Å². The molecule has 0 aliphatic carbocycles. The van der Waals surface area contributed by atoms with E-state index in [1.54, 1.807) is 12.4 Å². The van der Waals surface area contributed by atoms with Crippen LogP contribution in [0.4, 0.5) is 17.1 Å². The Morgan fingerprint density at radius 2 is 1.70 bits per heavy atom. The van der Waals surface area contributed by atoms with Crippen LogP contribution in [-0.2, 0) is 0 Å². The van der Waals surface area contributed by atoms with Crippen LogP contribution in [0.1, 0.15) is 43.0 Å². The Bertz CT molecular complexity index is 775. The fraction of sp³-hybridized carbons (Fsp3) is 0.455. The molecule has 2 saturated heterocycles. The number of pyridine rings is 1. The molecular formula is C22H28N4O. The number of benzene rings is 1. The Hall–Kier alpha value is -2.56. The predicted octanol–water partition coefficient (Wildman–Crippen LogP) is 4.30. The lowest BCUT2D eigenvalue weighted by molar-refractivity contribution is 0.0697. The van der Waals surface area contributed by atoms with Crippen molar-refractivity contribution in [3.63, 3.8) is 0 Å². The third-order valence-electron chi connectivity index (χ3n) is 5.68. The van der Waals surface area contributed by atoms with Crippen LogP contribution >= 0.6 is 0 Å². The average Bonchev–Trinajstić information content (AvgIpc) is 3.24. The summed E-state index contributed by atoms with van der Waals surface area (Å²) in [5.41, 5.74) is 3.79. The lowest BCUT2D eigenvalue weighted by Gasteiger charge is -2.30. The first-order chi connectivity index (χ1) is 13.2. The van der Waals surface area contributed by atoms with Crippen LogP contribution in [0.25, 0.3) is 0 Å². The molecule has 2 aliphatic rings. The van der Waals surface area contributed by atoms with Gasteiger partial charge in [0.25, 0.3) is 5.91 Å². The van der Waals surface area contributed by atoms with Crippen LogP contribution in [0.3, 0.4) is 0 Å². The number of carbonyl (C=O) groups is 1. The second-order valence-electron chi connectivity index (χ2n) is 7.80. The normalized spacial score (nSPS) is 18.0. The molecule has 1 amide bonds. The Labute approximate surface area is 161 Å². The molecule has 2 fully saturated rings. The number of anilines is 3. The summed E-state index contributed by atoms with van der Waals surface area (Å²) < 4.78 is 0. The molecule has 142 valence electrons. The molecule has 3 heterocycles. The fourth-order valence-corrected chi connectivity index (χ4v) is 3.92. The highest BCUT2D eigenvalue weighted by Gasteiger charge is 2.21. The van der Waals surface area contributed by atoms with Crippen molar-refractivity contribution in [3.05, 3.63) is 48.3 Å². The molecular weight excluding hydrogens is 336 g/mol. The Kier molecular flexibility index (Phi) is 5.28. The maximum absolute atomic E-state index is 12.8. The van der Waals surface area contributed by atoms with Crippen molar-refractivity contribution in [2.75, 3.05) is 36.4 Å². The van der Waals surface area contributed by atoms with E-state index in [9.17, 15) is 4.79 Å². The van der Waals surface area contributed by atoms with E-state index in [0.717, 1.165) is 50.4 Å². The quantitative estimate of drug-likeness (QED) is 0.879. The summed E-state index contributed by atoms with van der Waals surface area (Å²) in [5, 5.41) is 3.38. The Morgan fingerprint density at radius 3 is 2.41 bits per heavy atom. The zero-order valence-electron chi connectivity index (χ0n) is 16.0. The standard InChI is InChI=1S/C22H28N4O/c1-17-8-12-26(13-9-17)22(27)18-14-20(16-23-15-18)24-19-4-6-21(7-5-19)25-10-2-3-11-25/h4-7,14-17,24H,2-3,8-13H2,1H3. The molecule has 27 heavy (non-hydrogen) atoms. The van der Waals surface area contributed by atoms with E-state index in [1.165, 1.54) is 18.5 Å². The number of hydrogen-bond donors (Lipinski definition) is 1. The average molecular weight is 364 g/mol. The van der Waals surface area contributed by atoms with E-state index >= 15 is 0 Å². The van der Waals surface area contributed by atoms with Gasteiger partial charge in [0.2, 0.25) is 0 Å². The molecule has 0 saturated carbocycles. The summed E-state index contributed by atoms with van der Waals surface area (Å²) in [6, 6.07) is 10.4. The molecule has 1 aromatic carbocycles. The molecule has 5 nitrogen and oxygen atoms in total. The molecule has 4 rings (SSSR count). The minimum Gasteiger partial charge on any atom is -0.372 e. The molecule has 2 aromatic rings. The molecule has 1 N–H and O–H groups in total. The predicted molar refractivity (Wildman–Crippen MR) is 110 cm³/mol. The minimum absolute atomic E-state index is 0.0856. The summed E-state index contributed by atoms with van der Waals surface area (Å²) in [6.45, 7) is 6.24. The van der Waals surface area contributed by atoms with Gasteiger partial charge in [-0.15, -0.1) is 0 Å². The SMILES string of the molecule is CC1CCN(C(=O)c2cncc(Nc3ccc(N4CCCC4)cc3)c2)CC1. The second-order valence-corrected chi connectivity index (χ2v) is 7.80. The lowest BCUT2D eigenvalue weighted by atomic mass is 9.99. The number of likely N-dealkylation sites (tertiary alicyclic amines) is 1.